The van der Waals surface area contributed by atoms with Crippen LogP contribution in [0.2, 0.25) is 0 Å². The highest BCUT2D eigenvalue weighted by atomic mass is 35.5. The minimum absolute atomic E-state index is 0.125. The largest absolute Gasteiger partial charge is 0.303 e. The Morgan fingerprint density at radius 2 is 2.08 bits per heavy atom. The van der Waals surface area contributed by atoms with Crippen molar-refractivity contribution in [2.24, 2.45) is 5.92 Å². The first kappa shape index (κ1) is 10.0. The average Bonchev–Trinajstić information content (AvgIpc) is 2.06. The highest BCUT2D eigenvalue weighted by Crippen LogP contribution is 2.19. The summed E-state index contributed by atoms with van der Waals surface area (Å²) in [7, 11) is 0. The molecule has 0 bridgehead atoms. The Labute approximate surface area is 78.9 Å². The van der Waals surface area contributed by atoms with E-state index in [0.717, 1.165) is 32.5 Å². The Kier molecular flexibility index (Phi) is 4.02. The van der Waals surface area contributed by atoms with Gasteiger partial charge in [0.05, 0.1) is 0 Å². The monoisotopic (exact) mass is 189 g/mol. The Morgan fingerprint density at radius 1 is 1.50 bits per heavy atom. The SMILES string of the molecule is CCCN1CCC(C(=O)Cl)CC1. The van der Waals surface area contributed by atoms with Crippen molar-refractivity contribution < 1.29 is 4.79 Å². The lowest BCUT2D eigenvalue weighted by atomic mass is 9.98. The molecule has 0 spiro atoms. The molecule has 0 N–H and O–H groups in total. The summed E-state index contributed by atoms with van der Waals surface area (Å²) < 4.78 is 0. The molecule has 0 amide bonds. The molecule has 1 saturated heterocycles. The van der Waals surface area contributed by atoms with Crippen LogP contribution in [0.25, 0.3) is 0 Å². The van der Waals surface area contributed by atoms with Crippen molar-refractivity contribution in [3.05, 3.63) is 0 Å². The first-order valence-corrected chi connectivity index (χ1v) is 5.03. The number of likely N-dealkylation sites (tertiary alicyclic amines) is 1. The van der Waals surface area contributed by atoms with Gasteiger partial charge in [-0.3, -0.25) is 4.79 Å². The van der Waals surface area contributed by atoms with Crippen molar-refractivity contribution in [3.8, 4) is 0 Å². The first-order chi connectivity index (χ1) is 5.74. The van der Waals surface area contributed by atoms with Crippen LogP contribution in [-0.4, -0.2) is 29.8 Å². The molecule has 0 unspecified atom stereocenters. The zero-order valence-electron chi connectivity index (χ0n) is 7.55. The second-order valence-electron chi connectivity index (χ2n) is 3.42. The molecule has 1 fully saturated rings. The van der Waals surface area contributed by atoms with Crippen LogP contribution in [0.15, 0.2) is 0 Å². The van der Waals surface area contributed by atoms with Crippen LogP contribution in [0, 0.1) is 5.92 Å². The maximum atomic E-state index is 10.8. The van der Waals surface area contributed by atoms with Crippen molar-refractivity contribution in [1.82, 2.24) is 4.90 Å². The van der Waals surface area contributed by atoms with E-state index in [1.165, 1.54) is 6.42 Å². The lowest BCUT2D eigenvalue weighted by Gasteiger charge is -2.29. The molecule has 0 radical (unpaired) electrons. The van der Waals surface area contributed by atoms with Crippen molar-refractivity contribution in [2.45, 2.75) is 26.2 Å². The lowest BCUT2D eigenvalue weighted by molar-refractivity contribution is -0.116. The number of carbonyl (C=O) groups excluding carboxylic acids is 1. The lowest BCUT2D eigenvalue weighted by Crippen LogP contribution is -2.35. The molecule has 0 aromatic heterocycles. The summed E-state index contributed by atoms with van der Waals surface area (Å²) in [6.07, 6.45) is 3.09. The minimum atomic E-state index is -0.147. The van der Waals surface area contributed by atoms with E-state index in [4.69, 9.17) is 11.6 Å². The number of carbonyl (C=O) groups is 1. The van der Waals surface area contributed by atoms with Gasteiger partial charge in [-0.25, -0.2) is 0 Å². The van der Waals surface area contributed by atoms with Gasteiger partial charge in [0.2, 0.25) is 5.24 Å². The van der Waals surface area contributed by atoms with Gasteiger partial charge in [0.25, 0.3) is 0 Å². The van der Waals surface area contributed by atoms with Crippen LogP contribution in [0.4, 0.5) is 0 Å². The van der Waals surface area contributed by atoms with Gasteiger partial charge < -0.3 is 4.90 Å². The molecule has 1 aliphatic heterocycles. The fourth-order valence-corrected chi connectivity index (χ4v) is 1.92. The number of hydrogen-bond donors (Lipinski definition) is 0. The number of nitrogens with zero attached hydrogens (tertiary/aromatic N) is 1. The highest BCUT2D eigenvalue weighted by Gasteiger charge is 2.22. The molecular weight excluding hydrogens is 174 g/mol. The molecule has 0 aromatic rings. The molecular formula is C9H16ClNO. The molecule has 1 heterocycles. The Balaban J connectivity index is 2.25. The molecule has 12 heavy (non-hydrogen) atoms. The van der Waals surface area contributed by atoms with Crippen molar-refractivity contribution in [2.75, 3.05) is 19.6 Å². The van der Waals surface area contributed by atoms with Crippen molar-refractivity contribution in [1.29, 1.82) is 0 Å². The molecule has 1 rings (SSSR count). The molecule has 2 nitrogen and oxygen atoms in total. The van der Waals surface area contributed by atoms with Crippen LogP contribution >= 0.6 is 11.6 Å². The van der Waals surface area contributed by atoms with Gasteiger partial charge in [-0.15, -0.1) is 0 Å². The van der Waals surface area contributed by atoms with Crippen LogP contribution < -0.4 is 0 Å². The van der Waals surface area contributed by atoms with Gasteiger partial charge in [-0.2, -0.15) is 0 Å². The predicted octanol–water partition coefficient (Wildman–Crippen LogP) is 1.87. The van der Waals surface area contributed by atoms with Crippen LogP contribution in [0.1, 0.15) is 26.2 Å². The molecule has 0 atom stereocenters. The summed E-state index contributed by atoms with van der Waals surface area (Å²) in [5.74, 6) is 0.125. The molecule has 0 saturated carbocycles. The van der Waals surface area contributed by atoms with E-state index in [9.17, 15) is 4.79 Å². The summed E-state index contributed by atoms with van der Waals surface area (Å²) in [5.41, 5.74) is 0. The van der Waals surface area contributed by atoms with E-state index in [-0.39, 0.29) is 11.2 Å². The fraction of sp³-hybridized carbons (Fsp3) is 0.889. The smallest absolute Gasteiger partial charge is 0.224 e. The number of piperidine rings is 1. The summed E-state index contributed by atoms with van der Waals surface area (Å²) in [5, 5.41) is -0.147. The maximum Gasteiger partial charge on any atom is 0.224 e. The molecule has 0 aliphatic carbocycles. The molecule has 0 aromatic carbocycles. The van der Waals surface area contributed by atoms with Crippen molar-refractivity contribution in [3.63, 3.8) is 0 Å². The second kappa shape index (κ2) is 4.83. The third-order valence-corrected chi connectivity index (χ3v) is 2.76. The predicted molar refractivity (Wildman–Crippen MR) is 50.3 cm³/mol. The van der Waals surface area contributed by atoms with Gasteiger partial charge in [0, 0.05) is 5.92 Å². The Bertz CT molecular complexity index is 153. The zero-order valence-corrected chi connectivity index (χ0v) is 8.31. The normalized spacial score (nSPS) is 21.2. The van der Waals surface area contributed by atoms with E-state index < -0.39 is 0 Å². The summed E-state index contributed by atoms with van der Waals surface area (Å²) in [6.45, 7) is 5.41. The summed E-state index contributed by atoms with van der Waals surface area (Å²) in [4.78, 5) is 13.2. The second-order valence-corrected chi connectivity index (χ2v) is 3.79. The molecule has 1 aliphatic rings. The first-order valence-electron chi connectivity index (χ1n) is 4.65. The highest BCUT2D eigenvalue weighted by molar-refractivity contribution is 6.63. The third kappa shape index (κ3) is 2.76. The fourth-order valence-electron chi connectivity index (χ4n) is 1.70. The van der Waals surface area contributed by atoms with Crippen LogP contribution in [0.3, 0.4) is 0 Å². The van der Waals surface area contributed by atoms with Gasteiger partial charge in [-0.1, -0.05) is 6.92 Å². The zero-order chi connectivity index (χ0) is 8.97. The van der Waals surface area contributed by atoms with E-state index in [0.29, 0.717) is 0 Å². The Morgan fingerprint density at radius 3 is 2.50 bits per heavy atom. The van der Waals surface area contributed by atoms with Gasteiger partial charge >= 0.3 is 0 Å². The quantitative estimate of drug-likeness (QED) is 0.632. The third-order valence-electron chi connectivity index (χ3n) is 2.45. The standard InChI is InChI=1S/C9H16ClNO/c1-2-5-11-6-3-8(4-7-11)9(10)12/h8H,2-7H2,1H3. The van der Waals surface area contributed by atoms with Gasteiger partial charge in [0.15, 0.2) is 0 Å². The van der Waals surface area contributed by atoms with Crippen molar-refractivity contribution >= 4 is 16.8 Å². The summed E-state index contributed by atoms with van der Waals surface area (Å²) >= 11 is 5.42. The number of halogens is 1. The molecule has 70 valence electrons. The van der Waals surface area contributed by atoms with Gasteiger partial charge in [0.1, 0.15) is 0 Å². The topological polar surface area (TPSA) is 20.3 Å². The van der Waals surface area contributed by atoms with Crippen LogP contribution in [0.5, 0.6) is 0 Å². The number of rotatable bonds is 3. The summed E-state index contributed by atoms with van der Waals surface area (Å²) in [6, 6.07) is 0. The van der Waals surface area contributed by atoms with E-state index >= 15 is 0 Å². The molecule has 3 heteroatoms. The van der Waals surface area contributed by atoms with Crippen LogP contribution in [-0.2, 0) is 4.79 Å². The minimum Gasteiger partial charge on any atom is -0.303 e. The van der Waals surface area contributed by atoms with E-state index in [2.05, 4.69) is 11.8 Å². The Hall–Kier alpha value is -0.0800. The number of hydrogen-bond acceptors (Lipinski definition) is 2. The van der Waals surface area contributed by atoms with E-state index in [1.807, 2.05) is 0 Å². The maximum absolute atomic E-state index is 10.8. The van der Waals surface area contributed by atoms with E-state index in [1.54, 1.807) is 0 Å². The average molecular weight is 190 g/mol. The van der Waals surface area contributed by atoms with Gasteiger partial charge in [-0.05, 0) is 50.5 Å².